The molecule has 4 nitrogen and oxygen atoms in total. The fraction of sp³-hybridized carbons (Fsp3) is 0.433. The van der Waals surface area contributed by atoms with Crippen LogP contribution in [0.15, 0.2) is 54.9 Å². The van der Waals surface area contributed by atoms with E-state index in [-0.39, 0.29) is 23.7 Å². The number of pyridine rings is 2. The molecule has 6 rings (SSSR count). The van der Waals surface area contributed by atoms with Gasteiger partial charge in [0.05, 0.1) is 5.69 Å². The molecule has 0 saturated heterocycles. The fourth-order valence-corrected chi connectivity index (χ4v) is 6.20. The van der Waals surface area contributed by atoms with Crippen LogP contribution in [-0.2, 0) is 5.41 Å². The van der Waals surface area contributed by atoms with Crippen LogP contribution < -0.4 is 5.73 Å². The van der Waals surface area contributed by atoms with Gasteiger partial charge in [0, 0.05) is 47.1 Å². The van der Waals surface area contributed by atoms with Crippen LogP contribution >= 0.6 is 0 Å². The number of aromatic nitrogens is 2. The summed E-state index contributed by atoms with van der Waals surface area (Å²) < 4.78 is 0. The Labute approximate surface area is 202 Å². The molecule has 3 aliphatic rings. The van der Waals surface area contributed by atoms with Crippen molar-refractivity contribution in [2.75, 3.05) is 0 Å². The van der Waals surface area contributed by atoms with E-state index in [2.05, 4.69) is 61.3 Å². The first-order chi connectivity index (χ1) is 16.4. The lowest BCUT2D eigenvalue weighted by molar-refractivity contribution is 0.0921. The molecule has 34 heavy (non-hydrogen) atoms. The predicted molar refractivity (Wildman–Crippen MR) is 135 cm³/mol. The van der Waals surface area contributed by atoms with Crippen LogP contribution in [0.4, 0.5) is 0 Å². The van der Waals surface area contributed by atoms with Gasteiger partial charge in [0.15, 0.2) is 5.78 Å². The average Bonchev–Trinajstić information content (AvgIpc) is 3.40. The lowest BCUT2D eigenvalue weighted by Gasteiger charge is -2.14. The normalized spacial score (nSPS) is 24.5. The van der Waals surface area contributed by atoms with E-state index in [1.807, 2.05) is 12.4 Å². The summed E-state index contributed by atoms with van der Waals surface area (Å²) in [6, 6.07) is 15.2. The van der Waals surface area contributed by atoms with Crippen LogP contribution in [0.3, 0.4) is 0 Å². The van der Waals surface area contributed by atoms with Crippen LogP contribution in [0.5, 0.6) is 0 Å². The average molecular weight is 452 g/mol. The highest BCUT2D eigenvalue weighted by Gasteiger charge is 2.52. The van der Waals surface area contributed by atoms with E-state index in [1.54, 1.807) is 0 Å². The molecule has 2 unspecified atom stereocenters. The maximum Gasteiger partial charge on any atom is 0.166 e. The third-order valence-corrected chi connectivity index (χ3v) is 8.47. The van der Waals surface area contributed by atoms with Gasteiger partial charge in [-0.05, 0) is 96.9 Å². The number of carbonyl (C=O) groups is 1. The van der Waals surface area contributed by atoms with Crippen LogP contribution in [0.25, 0.3) is 11.3 Å². The van der Waals surface area contributed by atoms with Gasteiger partial charge < -0.3 is 5.73 Å². The Bertz CT molecular complexity index is 1240. The van der Waals surface area contributed by atoms with Crippen LogP contribution in [0.1, 0.15) is 97.0 Å². The van der Waals surface area contributed by atoms with Crippen molar-refractivity contribution in [3.05, 3.63) is 82.8 Å². The standard InChI is InChI=1S/C30H33N3O/c1-18(2)19-9-12-32-28(15-19)22-5-8-27(33-17-22)25-16-30(10-11-30)26-7-4-21(14-24(25)26)29(34)20-3-6-23(31)13-20/h4-5,7-9,12,14-15,17-18,20,23,25H,3,6,10-11,13,16,31H2,1-2H3/t20?,23-,25?/m1/s1. The fourth-order valence-electron chi connectivity index (χ4n) is 6.20. The van der Waals surface area contributed by atoms with Crippen LogP contribution in [-0.4, -0.2) is 21.8 Å². The first kappa shape index (κ1) is 21.7. The Balaban J connectivity index is 1.31. The number of carbonyl (C=O) groups excluding carboxylic acids is 1. The van der Waals surface area contributed by atoms with Gasteiger partial charge in [0.1, 0.15) is 0 Å². The number of hydrogen-bond acceptors (Lipinski definition) is 4. The molecule has 3 atom stereocenters. The van der Waals surface area contributed by atoms with E-state index in [9.17, 15) is 4.79 Å². The lowest BCUT2D eigenvalue weighted by Crippen LogP contribution is -2.18. The molecule has 2 saturated carbocycles. The van der Waals surface area contributed by atoms with Gasteiger partial charge in [-0.2, -0.15) is 0 Å². The maximum atomic E-state index is 13.2. The number of ketones is 1. The SMILES string of the molecule is CC(C)c1ccnc(-c2ccc(C3CC4(CC4)c4ccc(C(=O)C5CC[C@@H](N)C5)cc43)nc2)c1. The molecule has 4 heteroatoms. The highest BCUT2D eigenvalue weighted by Crippen LogP contribution is 2.62. The zero-order valence-corrected chi connectivity index (χ0v) is 20.1. The van der Waals surface area contributed by atoms with Crippen molar-refractivity contribution in [1.29, 1.82) is 0 Å². The molecule has 0 bridgehead atoms. The molecule has 2 fully saturated rings. The Kier molecular flexibility index (Phi) is 5.18. The van der Waals surface area contributed by atoms with Crippen LogP contribution in [0, 0.1) is 5.92 Å². The molecule has 0 aliphatic heterocycles. The van der Waals surface area contributed by atoms with Gasteiger partial charge >= 0.3 is 0 Å². The van der Waals surface area contributed by atoms with E-state index in [1.165, 1.54) is 29.5 Å². The summed E-state index contributed by atoms with van der Waals surface area (Å²) in [6.45, 7) is 4.40. The molecule has 3 aromatic rings. The van der Waals surface area contributed by atoms with Gasteiger partial charge in [-0.1, -0.05) is 26.0 Å². The Morgan fingerprint density at radius 1 is 1.06 bits per heavy atom. The molecule has 174 valence electrons. The first-order valence-corrected chi connectivity index (χ1v) is 12.8. The van der Waals surface area contributed by atoms with E-state index in [0.717, 1.165) is 48.2 Å². The molecule has 1 aromatic carbocycles. The maximum absolute atomic E-state index is 13.2. The summed E-state index contributed by atoms with van der Waals surface area (Å²) in [4.78, 5) is 22.7. The van der Waals surface area contributed by atoms with E-state index in [4.69, 9.17) is 10.7 Å². The molecule has 2 heterocycles. The second-order valence-electron chi connectivity index (χ2n) is 11.1. The molecule has 0 radical (unpaired) electrons. The third-order valence-electron chi connectivity index (χ3n) is 8.47. The number of fused-ring (bicyclic) bond motifs is 2. The minimum atomic E-state index is 0.0781. The summed E-state index contributed by atoms with van der Waals surface area (Å²) >= 11 is 0. The minimum absolute atomic E-state index is 0.0781. The zero-order chi connectivity index (χ0) is 23.4. The third kappa shape index (κ3) is 3.69. The Hall–Kier alpha value is -2.85. The predicted octanol–water partition coefficient (Wildman–Crippen LogP) is 6.14. The highest BCUT2D eigenvalue weighted by atomic mass is 16.1. The van der Waals surface area contributed by atoms with Crippen molar-refractivity contribution in [2.45, 2.75) is 75.7 Å². The van der Waals surface area contributed by atoms with Crippen molar-refractivity contribution in [2.24, 2.45) is 11.7 Å². The van der Waals surface area contributed by atoms with Crippen molar-refractivity contribution in [3.8, 4) is 11.3 Å². The lowest BCUT2D eigenvalue weighted by atomic mass is 9.90. The van der Waals surface area contributed by atoms with Crippen molar-refractivity contribution >= 4 is 5.78 Å². The molecular weight excluding hydrogens is 418 g/mol. The highest BCUT2D eigenvalue weighted by molar-refractivity contribution is 5.98. The van der Waals surface area contributed by atoms with Crippen molar-refractivity contribution in [1.82, 2.24) is 9.97 Å². The smallest absolute Gasteiger partial charge is 0.166 e. The molecule has 0 amide bonds. The number of nitrogens with two attached hydrogens (primary N) is 1. The molecule has 2 aromatic heterocycles. The topological polar surface area (TPSA) is 68.9 Å². The number of nitrogens with zero attached hydrogens (tertiary/aromatic N) is 2. The van der Waals surface area contributed by atoms with Crippen LogP contribution in [0.2, 0.25) is 0 Å². The van der Waals surface area contributed by atoms with Gasteiger partial charge in [-0.15, -0.1) is 0 Å². The van der Waals surface area contributed by atoms with Gasteiger partial charge in [0.2, 0.25) is 0 Å². The van der Waals surface area contributed by atoms with Gasteiger partial charge in [-0.3, -0.25) is 14.8 Å². The quantitative estimate of drug-likeness (QED) is 0.473. The molecule has 2 N–H and O–H groups in total. The second-order valence-corrected chi connectivity index (χ2v) is 11.1. The molecular formula is C30H33N3O. The van der Waals surface area contributed by atoms with E-state index >= 15 is 0 Å². The largest absolute Gasteiger partial charge is 0.328 e. The monoisotopic (exact) mass is 451 g/mol. The van der Waals surface area contributed by atoms with E-state index < -0.39 is 0 Å². The van der Waals surface area contributed by atoms with Crippen molar-refractivity contribution in [3.63, 3.8) is 0 Å². The summed E-state index contributed by atoms with van der Waals surface area (Å²) in [5.41, 5.74) is 14.4. The summed E-state index contributed by atoms with van der Waals surface area (Å²) in [7, 11) is 0. The Morgan fingerprint density at radius 2 is 1.91 bits per heavy atom. The first-order valence-electron chi connectivity index (χ1n) is 12.8. The zero-order valence-electron chi connectivity index (χ0n) is 20.1. The molecule has 1 spiro atoms. The number of benzene rings is 1. The number of hydrogen-bond donors (Lipinski definition) is 1. The van der Waals surface area contributed by atoms with E-state index in [0.29, 0.717) is 11.3 Å². The van der Waals surface area contributed by atoms with Gasteiger partial charge in [0.25, 0.3) is 0 Å². The second kappa shape index (κ2) is 8.13. The summed E-state index contributed by atoms with van der Waals surface area (Å²) in [5.74, 6) is 1.07. The summed E-state index contributed by atoms with van der Waals surface area (Å²) in [6.07, 6.45) is 10.1. The molecule has 3 aliphatic carbocycles. The van der Waals surface area contributed by atoms with Crippen molar-refractivity contribution < 1.29 is 4.79 Å². The number of rotatable bonds is 5. The summed E-state index contributed by atoms with van der Waals surface area (Å²) in [5, 5.41) is 0. The Morgan fingerprint density at radius 3 is 2.59 bits per heavy atom. The number of Topliss-reactive ketones (excluding diaryl/α,β-unsaturated/α-hetero) is 1. The minimum Gasteiger partial charge on any atom is -0.328 e. The van der Waals surface area contributed by atoms with Gasteiger partial charge in [-0.25, -0.2) is 0 Å².